The molecule has 0 aromatic carbocycles. The number of hydrogen-bond acceptors (Lipinski definition) is 4. The first-order valence-corrected chi connectivity index (χ1v) is 11.4. The maximum absolute atomic E-state index is 9.99. The third-order valence-corrected chi connectivity index (χ3v) is 7.69. The van der Waals surface area contributed by atoms with Gasteiger partial charge in [-0.2, -0.15) is 0 Å². The van der Waals surface area contributed by atoms with Gasteiger partial charge in [-0.1, -0.05) is 13.3 Å². The Morgan fingerprint density at radius 3 is 2.42 bits per heavy atom. The van der Waals surface area contributed by atoms with Crippen LogP contribution in [-0.4, -0.2) is 35.7 Å². The molecule has 1 aliphatic heterocycles. The van der Waals surface area contributed by atoms with Crippen LogP contribution in [0.5, 0.6) is 0 Å². The van der Waals surface area contributed by atoms with Gasteiger partial charge >= 0.3 is 0 Å². The topological polar surface area (TPSA) is 53.5 Å². The standard InChI is InChI=1S/C22H40N2O2/c1-13(2)26-19(25)11-6-15-5-7-17(12-15)18-10-4-14(3)20-21(18)24-22(23-20)16-8-9-16/h13-25H,4-12H2,1-3H3. The van der Waals surface area contributed by atoms with E-state index in [1.807, 2.05) is 13.8 Å². The predicted octanol–water partition coefficient (Wildman–Crippen LogP) is 3.64. The lowest BCUT2D eigenvalue weighted by molar-refractivity contribution is -0.130. The summed E-state index contributed by atoms with van der Waals surface area (Å²) >= 11 is 0. The molecule has 0 aromatic rings. The number of rotatable bonds is 7. The van der Waals surface area contributed by atoms with Gasteiger partial charge in [-0.05, 0) is 94.8 Å². The van der Waals surface area contributed by atoms with E-state index < -0.39 is 6.29 Å². The molecular weight excluding hydrogens is 324 g/mol. The maximum Gasteiger partial charge on any atom is 0.154 e. The van der Waals surface area contributed by atoms with Crippen molar-refractivity contribution in [3.05, 3.63) is 0 Å². The van der Waals surface area contributed by atoms with Gasteiger partial charge in [0, 0.05) is 12.1 Å². The highest BCUT2D eigenvalue weighted by Crippen LogP contribution is 2.47. The number of aliphatic hydroxyl groups excluding tert-OH is 1. The minimum atomic E-state index is -0.575. The van der Waals surface area contributed by atoms with Gasteiger partial charge in [0.2, 0.25) is 0 Å². The first kappa shape index (κ1) is 19.2. The van der Waals surface area contributed by atoms with Crippen LogP contribution in [-0.2, 0) is 4.74 Å². The van der Waals surface area contributed by atoms with E-state index in [2.05, 4.69) is 17.6 Å². The SMILES string of the molecule is CC(C)OC(O)CCC1CCC(C2CCC(C)C3NC(C4CC4)NC23)C1. The van der Waals surface area contributed by atoms with Crippen molar-refractivity contribution in [2.45, 2.75) is 109 Å². The monoisotopic (exact) mass is 364 g/mol. The molecule has 0 amide bonds. The fourth-order valence-electron chi connectivity index (χ4n) is 6.15. The zero-order chi connectivity index (χ0) is 18.3. The minimum Gasteiger partial charge on any atom is -0.368 e. The highest BCUT2D eigenvalue weighted by molar-refractivity contribution is 5.06. The van der Waals surface area contributed by atoms with E-state index in [-0.39, 0.29) is 6.10 Å². The summed E-state index contributed by atoms with van der Waals surface area (Å²) in [4.78, 5) is 0. The van der Waals surface area contributed by atoms with Crippen molar-refractivity contribution in [1.82, 2.24) is 10.6 Å². The molecule has 1 heterocycles. The fraction of sp³-hybridized carbons (Fsp3) is 1.00. The molecule has 0 radical (unpaired) electrons. The van der Waals surface area contributed by atoms with Crippen LogP contribution in [0, 0.1) is 29.6 Å². The Hall–Kier alpha value is -0.160. The van der Waals surface area contributed by atoms with Crippen molar-refractivity contribution < 1.29 is 9.84 Å². The lowest BCUT2D eigenvalue weighted by atomic mass is 9.70. The van der Waals surface area contributed by atoms with Crippen LogP contribution in [0.2, 0.25) is 0 Å². The highest BCUT2D eigenvalue weighted by Gasteiger charge is 2.49. The van der Waals surface area contributed by atoms with Gasteiger partial charge in [0.05, 0.1) is 12.3 Å². The Balaban J connectivity index is 1.29. The zero-order valence-electron chi connectivity index (χ0n) is 17.0. The van der Waals surface area contributed by atoms with Crippen LogP contribution in [0.15, 0.2) is 0 Å². The lowest BCUT2D eigenvalue weighted by Crippen LogP contribution is -2.49. The van der Waals surface area contributed by atoms with E-state index in [0.29, 0.717) is 18.2 Å². The summed E-state index contributed by atoms with van der Waals surface area (Å²) in [6.07, 6.45) is 11.8. The maximum atomic E-state index is 9.99. The van der Waals surface area contributed by atoms with Crippen molar-refractivity contribution in [3.8, 4) is 0 Å². The average Bonchev–Trinajstić information content (AvgIpc) is 3.16. The average molecular weight is 365 g/mol. The number of ether oxygens (including phenoxy) is 1. The van der Waals surface area contributed by atoms with E-state index in [0.717, 1.165) is 42.4 Å². The van der Waals surface area contributed by atoms with Crippen molar-refractivity contribution in [3.63, 3.8) is 0 Å². The second-order valence-corrected chi connectivity index (χ2v) is 10.1. The second kappa shape index (κ2) is 8.06. The third kappa shape index (κ3) is 4.29. The Morgan fingerprint density at radius 1 is 0.962 bits per heavy atom. The summed E-state index contributed by atoms with van der Waals surface area (Å²) < 4.78 is 5.50. The molecule has 3 aliphatic carbocycles. The van der Waals surface area contributed by atoms with Gasteiger partial charge in [-0.15, -0.1) is 0 Å². The number of hydrogen-bond donors (Lipinski definition) is 3. The Morgan fingerprint density at radius 2 is 1.69 bits per heavy atom. The van der Waals surface area contributed by atoms with E-state index in [9.17, 15) is 5.11 Å². The van der Waals surface area contributed by atoms with Crippen molar-refractivity contribution >= 4 is 0 Å². The number of aliphatic hydroxyl groups is 1. The van der Waals surface area contributed by atoms with Crippen molar-refractivity contribution in [2.75, 3.05) is 0 Å². The van der Waals surface area contributed by atoms with Crippen LogP contribution in [0.4, 0.5) is 0 Å². The molecule has 4 aliphatic rings. The largest absolute Gasteiger partial charge is 0.368 e. The molecule has 3 saturated carbocycles. The molecule has 4 fully saturated rings. The smallest absolute Gasteiger partial charge is 0.154 e. The van der Waals surface area contributed by atoms with Crippen molar-refractivity contribution in [2.24, 2.45) is 29.6 Å². The van der Waals surface area contributed by atoms with E-state index in [1.165, 1.54) is 44.9 Å². The Kier molecular flexibility index (Phi) is 5.95. The number of nitrogens with one attached hydrogen (secondary N) is 2. The van der Waals surface area contributed by atoms with Gasteiger partial charge in [-0.25, -0.2) is 0 Å². The first-order valence-electron chi connectivity index (χ1n) is 11.4. The molecule has 150 valence electrons. The second-order valence-electron chi connectivity index (χ2n) is 10.1. The van der Waals surface area contributed by atoms with E-state index in [1.54, 1.807) is 0 Å². The molecule has 8 atom stereocenters. The molecular formula is C22H40N2O2. The summed E-state index contributed by atoms with van der Waals surface area (Å²) in [7, 11) is 0. The summed E-state index contributed by atoms with van der Waals surface area (Å²) in [5.74, 6) is 4.24. The summed E-state index contributed by atoms with van der Waals surface area (Å²) in [5, 5.41) is 18.0. The van der Waals surface area contributed by atoms with Crippen LogP contribution in [0.1, 0.15) is 78.6 Å². The lowest BCUT2D eigenvalue weighted by Gasteiger charge is -2.40. The predicted molar refractivity (Wildman–Crippen MR) is 105 cm³/mol. The van der Waals surface area contributed by atoms with Crippen LogP contribution in [0.25, 0.3) is 0 Å². The highest BCUT2D eigenvalue weighted by atomic mass is 16.6. The molecule has 0 bridgehead atoms. The van der Waals surface area contributed by atoms with Gasteiger partial charge < -0.3 is 9.84 Å². The van der Waals surface area contributed by atoms with Gasteiger partial charge in [0.1, 0.15) is 0 Å². The quantitative estimate of drug-likeness (QED) is 0.604. The molecule has 26 heavy (non-hydrogen) atoms. The van der Waals surface area contributed by atoms with Gasteiger partial charge in [0.15, 0.2) is 6.29 Å². The molecule has 0 spiro atoms. The van der Waals surface area contributed by atoms with Gasteiger partial charge in [0.25, 0.3) is 0 Å². The number of fused-ring (bicyclic) bond motifs is 1. The fourth-order valence-corrected chi connectivity index (χ4v) is 6.15. The molecule has 8 unspecified atom stereocenters. The minimum absolute atomic E-state index is 0.114. The van der Waals surface area contributed by atoms with Crippen LogP contribution in [0.3, 0.4) is 0 Å². The Bertz CT molecular complexity index is 467. The summed E-state index contributed by atoms with van der Waals surface area (Å²) in [5.41, 5.74) is 0. The summed E-state index contributed by atoms with van der Waals surface area (Å²) in [6, 6.07) is 1.39. The zero-order valence-corrected chi connectivity index (χ0v) is 17.0. The molecule has 0 aromatic heterocycles. The summed E-state index contributed by atoms with van der Waals surface area (Å²) in [6.45, 7) is 6.44. The van der Waals surface area contributed by atoms with E-state index >= 15 is 0 Å². The van der Waals surface area contributed by atoms with Gasteiger partial charge in [-0.3, -0.25) is 10.6 Å². The molecule has 4 heteroatoms. The Labute approximate surface area is 159 Å². The van der Waals surface area contributed by atoms with E-state index in [4.69, 9.17) is 4.74 Å². The molecule has 3 N–H and O–H groups in total. The third-order valence-electron chi connectivity index (χ3n) is 7.69. The van der Waals surface area contributed by atoms with Crippen LogP contribution >= 0.6 is 0 Å². The molecule has 4 rings (SSSR count). The normalized spacial score (nSPS) is 44.4. The first-order chi connectivity index (χ1) is 12.5. The van der Waals surface area contributed by atoms with Crippen LogP contribution < -0.4 is 10.6 Å². The van der Waals surface area contributed by atoms with Crippen molar-refractivity contribution in [1.29, 1.82) is 0 Å². The molecule has 4 nitrogen and oxygen atoms in total. The molecule has 1 saturated heterocycles.